The molecule has 0 N–H and O–H groups in total. The van der Waals surface area contributed by atoms with Crippen LogP contribution < -0.4 is 0 Å². The Morgan fingerprint density at radius 3 is 2.68 bits per heavy atom. The van der Waals surface area contributed by atoms with Crippen molar-refractivity contribution >= 4 is 5.78 Å². The van der Waals surface area contributed by atoms with Crippen LogP contribution in [-0.2, 0) is 6.42 Å². The van der Waals surface area contributed by atoms with Gasteiger partial charge in [0.2, 0.25) is 5.78 Å². The molecule has 0 radical (unpaired) electrons. The number of Topliss-reactive ketones (excluding diaryl/α,β-unsaturated/α-hetero) is 1. The molecule has 5 heteroatoms. The lowest BCUT2D eigenvalue weighted by Gasteiger charge is -2.07. The van der Waals surface area contributed by atoms with E-state index in [-0.39, 0.29) is 18.0 Å². The first-order valence-electron chi connectivity index (χ1n) is 6.46. The van der Waals surface area contributed by atoms with E-state index in [1.807, 2.05) is 23.9 Å². The highest BCUT2D eigenvalue weighted by atomic mass is 16.1. The molecule has 0 aliphatic carbocycles. The van der Waals surface area contributed by atoms with Crippen molar-refractivity contribution in [3.8, 4) is 0 Å². The zero-order chi connectivity index (χ0) is 13.8. The third-order valence-electron chi connectivity index (χ3n) is 3.08. The largest absolute Gasteiger partial charge is 0.290 e. The summed E-state index contributed by atoms with van der Waals surface area (Å²) in [5.41, 5.74) is 1.70. The number of aromatic nitrogens is 4. The van der Waals surface area contributed by atoms with Crippen molar-refractivity contribution in [1.29, 1.82) is 0 Å². The van der Waals surface area contributed by atoms with Crippen molar-refractivity contribution in [2.75, 3.05) is 0 Å². The van der Waals surface area contributed by atoms with Crippen LogP contribution in [0.2, 0.25) is 0 Å². The molecule has 2 aromatic rings. The summed E-state index contributed by atoms with van der Waals surface area (Å²) >= 11 is 0. The Morgan fingerprint density at radius 1 is 1.37 bits per heavy atom. The number of rotatable bonds is 5. The van der Waals surface area contributed by atoms with E-state index in [9.17, 15) is 4.79 Å². The smallest absolute Gasteiger partial charge is 0.206 e. The Hall–Kier alpha value is -2.04. The summed E-state index contributed by atoms with van der Waals surface area (Å²) in [4.78, 5) is 20.1. The zero-order valence-electron chi connectivity index (χ0n) is 11.5. The molecule has 0 aliphatic heterocycles. The Kier molecular flexibility index (Phi) is 4.04. The average molecular weight is 258 g/mol. The van der Waals surface area contributed by atoms with Crippen LogP contribution in [0.1, 0.15) is 48.2 Å². The molecule has 0 saturated heterocycles. The van der Waals surface area contributed by atoms with Crippen molar-refractivity contribution in [2.45, 2.75) is 39.7 Å². The average Bonchev–Trinajstić information content (AvgIpc) is 2.87. The van der Waals surface area contributed by atoms with Gasteiger partial charge in [0.25, 0.3) is 0 Å². The van der Waals surface area contributed by atoms with Crippen LogP contribution in [0.3, 0.4) is 0 Å². The first kappa shape index (κ1) is 13.4. The van der Waals surface area contributed by atoms with E-state index >= 15 is 0 Å². The minimum Gasteiger partial charge on any atom is -0.290 e. The van der Waals surface area contributed by atoms with Crippen molar-refractivity contribution < 1.29 is 4.79 Å². The van der Waals surface area contributed by atoms with Crippen LogP contribution in [0.5, 0.6) is 0 Å². The van der Waals surface area contributed by atoms with E-state index in [0.29, 0.717) is 6.04 Å². The Balaban J connectivity index is 2.06. The molecule has 2 heterocycles. The molecule has 0 bridgehead atoms. The minimum atomic E-state index is -0.102. The summed E-state index contributed by atoms with van der Waals surface area (Å²) in [6, 6.07) is 2.22. The summed E-state index contributed by atoms with van der Waals surface area (Å²) in [6.07, 6.45) is 6.46. The zero-order valence-corrected chi connectivity index (χ0v) is 11.5. The molecule has 5 nitrogen and oxygen atoms in total. The summed E-state index contributed by atoms with van der Waals surface area (Å²) < 4.78 is 1.89. The first-order chi connectivity index (χ1) is 9.10. The molecule has 0 saturated carbocycles. The van der Waals surface area contributed by atoms with Gasteiger partial charge in [-0.3, -0.25) is 9.48 Å². The lowest BCUT2D eigenvalue weighted by molar-refractivity contribution is 0.0981. The first-order valence-corrected chi connectivity index (χ1v) is 6.46. The van der Waals surface area contributed by atoms with Crippen LogP contribution in [0.25, 0.3) is 0 Å². The molecular formula is C14H18N4O. The van der Waals surface area contributed by atoms with E-state index in [0.717, 1.165) is 17.7 Å². The van der Waals surface area contributed by atoms with Crippen LogP contribution in [-0.4, -0.2) is 25.5 Å². The predicted molar refractivity (Wildman–Crippen MR) is 72.0 cm³/mol. The van der Waals surface area contributed by atoms with E-state index in [2.05, 4.69) is 28.9 Å². The molecule has 1 atom stereocenters. The maximum absolute atomic E-state index is 12.0. The summed E-state index contributed by atoms with van der Waals surface area (Å²) in [5.74, 6) is 0.151. The summed E-state index contributed by atoms with van der Waals surface area (Å²) in [5, 5.41) is 4.40. The van der Waals surface area contributed by atoms with Gasteiger partial charge in [0.1, 0.15) is 0 Å². The molecular weight excluding hydrogens is 240 g/mol. The normalized spacial score (nSPS) is 12.4. The predicted octanol–water partition coefficient (Wildman–Crippen LogP) is 2.38. The topological polar surface area (TPSA) is 60.7 Å². The molecule has 0 spiro atoms. The highest BCUT2D eigenvalue weighted by molar-refractivity contribution is 5.93. The lowest BCUT2D eigenvalue weighted by Crippen LogP contribution is -2.10. The lowest BCUT2D eigenvalue weighted by atomic mass is 10.2. The molecule has 2 rings (SSSR count). The summed E-state index contributed by atoms with van der Waals surface area (Å²) in [6.45, 7) is 6.10. The number of hydrogen-bond acceptors (Lipinski definition) is 4. The maximum atomic E-state index is 12.0. The van der Waals surface area contributed by atoms with Gasteiger partial charge < -0.3 is 0 Å². The maximum Gasteiger partial charge on any atom is 0.206 e. The number of ketones is 1. The van der Waals surface area contributed by atoms with Crippen molar-refractivity contribution in [1.82, 2.24) is 19.7 Å². The molecule has 2 aromatic heterocycles. The van der Waals surface area contributed by atoms with Gasteiger partial charge in [0.05, 0.1) is 12.1 Å². The van der Waals surface area contributed by atoms with Gasteiger partial charge in [-0.05, 0) is 31.9 Å². The highest BCUT2D eigenvalue weighted by Gasteiger charge is 2.12. The van der Waals surface area contributed by atoms with Gasteiger partial charge >= 0.3 is 0 Å². The Labute approximate surface area is 112 Å². The number of hydrogen-bond donors (Lipinski definition) is 0. The van der Waals surface area contributed by atoms with E-state index in [1.54, 1.807) is 12.4 Å². The van der Waals surface area contributed by atoms with Crippen LogP contribution in [0.15, 0.2) is 24.7 Å². The van der Waals surface area contributed by atoms with Gasteiger partial charge in [-0.15, -0.1) is 0 Å². The SMILES string of the molecule is CCC(C)n1ccc(CC(=O)c2ncc(C)cn2)n1. The molecule has 0 aromatic carbocycles. The van der Waals surface area contributed by atoms with Crippen LogP contribution in [0.4, 0.5) is 0 Å². The number of nitrogens with zero attached hydrogens (tertiary/aromatic N) is 4. The minimum absolute atomic E-state index is 0.102. The van der Waals surface area contributed by atoms with Crippen LogP contribution in [0, 0.1) is 6.92 Å². The number of carbonyl (C=O) groups excluding carboxylic acids is 1. The van der Waals surface area contributed by atoms with Gasteiger partial charge in [0.15, 0.2) is 5.82 Å². The standard InChI is InChI=1S/C14H18N4O/c1-4-11(3)18-6-5-12(17-18)7-13(19)14-15-8-10(2)9-16-14/h5-6,8-9,11H,4,7H2,1-3H3. The fourth-order valence-corrected chi connectivity index (χ4v) is 1.68. The van der Waals surface area contributed by atoms with E-state index < -0.39 is 0 Å². The quantitative estimate of drug-likeness (QED) is 0.772. The highest BCUT2D eigenvalue weighted by Crippen LogP contribution is 2.10. The fourth-order valence-electron chi connectivity index (χ4n) is 1.68. The second-order valence-electron chi connectivity index (χ2n) is 4.73. The molecule has 1 unspecified atom stereocenters. The Bertz CT molecular complexity index is 559. The van der Waals surface area contributed by atoms with Crippen molar-refractivity contribution in [3.05, 3.63) is 41.7 Å². The Morgan fingerprint density at radius 2 is 2.05 bits per heavy atom. The van der Waals surface area contributed by atoms with Gasteiger partial charge in [-0.1, -0.05) is 6.92 Å². The van der Waals surface area contributed by atoms with Gasteiger partial charge in [-0.2, -0.15) is 5.10 Å². The summed E-state index contributed by atoms with van der Waals surface area (Å²) in [7, 11) is 0. The number of carbonyl (C=O) groups is 1. The van der Waals surface area contributed by atoms with Crippen molar-refractivity contribution in [3.63, 3.8) is 0 Å². The van der Waals surface area contributed by atoms with Crippen LogP contribution >= 0.6 is 0 Å². The third kappa shape index (κ3) is 3.24. The second-order valence-corrected chi connectivity index (χ2v) is 4.73. The number of aryl methyl sites for hydroxylation is 1. The molecule has 100 valence electrons. The van der Waals surface area contributed by atoms with Gasteiger partial charge in [-0.25, -0.2) is 9.97 Å². The monoisotopic (exact) mass is 258 g/mol. The van der Waals surface area contributed by atoms with E-state index in [1.165, 1.54) is 0 Å². The van der Waals surface area contributed by atoms with Crippen molar-refractivity contribution in [2.24, 2.45) is 0 Å². The second kappa shape index (κ2) is 5.73. The fraction of sp³-hybridized carbons (Fsp3) is 0.429. The molecule has 0 aliphatic rings. The molecule has 0 amide bonds. The molecule has 19 heavy (non-hydrogen) atoms. The third-order valence-corrected chi connectivity index (χ3v) is 3.08. The molecule has 0 fully saturated rings. The van der Waals surface area contributed by atoms with Gasteiger partial charge in [0, 0.05) is 24.6 Å². The van der Waals surface area contributed by atoms with E-state index in [4.69, 9.17) is 0 Å².